The van der Waals surface area contributed by atoms with Gasteiger partial charge in [-0.25, -0.2) is 4.79 Å². The van der Waals surface area contributed by atoms with Crippen molar-refractivity contribution in [2.45, 2.75) is 65.1 Å². The van der Waals surface area contributed by atoms with Crippen LogP contribution in [0.5, 0.6) is 0 Å². The standard InChI is InChI=1S/C18H30N4O2/c1-13(21-14(2)16-11-19-8-9-20-16)15-7-6-10-22(12-15)17(23)24-18(3,4)5/h8-9,11,13-15,21H,6-7,10,12H2,1-5H3. The Bertz CT molecular complexity index is 530. The summed E-state index contributed by atoms with van der Waals surface area (Å²) in [7, 11) is 0. The Morgan fingerprint density at radius 2 is 2.12 bits per heavy atom. The van der Waals surface area contributed by atoms with Crippen LogP contribution in [0.3, 0.4) is 0 Å². The van der Waals surface area contributed by atoms with Crippen LogP contribution >= 0.6 is 0 Å². The van der Waals surface area contributed by atoms with E-state index in [-0.39, 0.29) is 18.2 Å². The van der Waals surface area contributed by atoms with Crippen LogP contribution in [0.15, 0.2) is 18.6 Å². The first-order valence-corrected chi connectivity index (χ1v) is 8.76. The second-order valence-corrected chi connectivity index (χ2v) is 7.64. The van der Waals surface area contributed by atoms with E-state index >= 15 is 0 Å². The van der Waals surface area contributed by atoms with Gasteiger partial charge in [-0.1, -0.05) is 0 Å². The van der Waals surface area contributed by atoms with Crippen molar-refractivity contribution >= 4 is 6.09 Å². The molecule has 2 rings (SSSR count). The summed E-state index contributed by atoms with van der Waals surface area (Å²) in [5.74, 6) is 0.408. The van der Waals surface area contributed by atoms with Gasteiger partial charge in [-0.3, -0.25) is 9.97 Å². The molecule has 24 heavy (non-hydrogen) atoms. The lowest BCUT2D eigenvalue weighted by Crippen LogP contribution is -2.48. The molecule has 1 amide bonds. The van der Waals surface area contributed by atoms with Crippen molar-refractivity contribution in [3.63, 3.8) is 0 Å². The first-order valence-electron chi connectivity index (χ1n) is 8.76. The highest BCUT2D eigenvalue weighted by Crippen LogP contribution is 2.23. The van der Waals surface area contributed by atoms with Gasteiger partial charge in [0.25, 0.3) is 0 Å². The second-order valence-electron chi connectivity index (χ2n) is 7.64. The highest BCUT2D eigenvalue weighted by molar-refractivity contribution is 5.68. The number of carbonyl (C=O) groups is 1. The maximum Gasteiger partial charge on any atom is 0.410 e. The SMILES string of the molecule is CC(NC(C)C1CCCN(C(=O)OC(C)(C)C)C1)c1cnccn1. The molecule has 1 aromatic heterocycles. The predicted octanol–water partition coefficient (Wildman–Crippen LogP) is 3.16. The molecule has 0 saturated carbocycles. The number of hydrogen-bond acceptors (Lipinski definition) is 5. The summed E-state index contributed by atoms with van der Waals surface area (Å²) in [6.07, 6.45) is 7.10. The molecule has 1 N–H and O–H groups in total. The summed E-state index contributed by atoms with van der Waals surface area (Å²) < 4.78 is 5.50. The normalized spacial score (nSPS) is 21.2. The molecular formula is C18H30N4O2. The van der Waals surface area contributed by atoms with Crippen LogP contribution in [-0.2, 0) is 4.74 Å². The van der Waals surface area contributed by atoms with Crippen molar-refractivity contribution < 1.29 is 9.53 Å². The second kappa shape index (κ2) is 7.92. The Morgan fingerprint density at radius 3 is 2.75 bits per heavy atom. The minimum Gasteiger partial charge on any atom is -0.444 e. The fourth-order valence-electron chi connectivity index (χ4n) is 3.06. The van der Waals surface area contributed by atoms with E-state index in [0.717, 1.165) is 31.6 Å². The van der Waals surface area contributed by atoms with E-state index in [4.69, 9.17) is 4.74 Å². The Labute approximate surface area is 145 Å². The van der Waals surface area contributed by atoms with Gasteiger partial charge in [0, 0.05) is 43.8 Å². The molecule has 134 valence electrons. The highest BCUT2D eigenvalue weighted by Gasteiger charge is 2.30. The zero-order valence-corrected chi connectivity index (χ0v) is 15.5. The molecule has 1 aliphatic heterocycles. The number of nitrogens with zero attached hydrogens (tertiary/aromatic N) is 3. The minimum atomic E-state index is -0.450. The monoisotopic (exact) mass is 334 g/mol. The molecule has 3 atom stereocenters. The Kier molecular flexibility index (Phi) is 6.15. The van der Waals surface area contributed by atoms with E-state index in [2.05, 4.69) is 29.1 Å². The maximum atomic E-state index is 12.3. The van der Waals surface area contributed by atoms with Crippen LogP contribution in [0.25, 0.3) is 0 Å². The number of piperidine rings is 1. The summed E-state index contributed by atoms with van der Waals surface area (Å²) in [6, 6.07) is 0.415. The molecule has 2 heterocycles. The molecule has 0 bridgehead atoms. The molecule has 1 aliphatic rings. The van der Waals surface area contributed by atoms with Gasteiger partial charge in [-0.2, -0.15) is 0 Å². The highest BCUT2D eigenvalue weighted by atomic mass is 16.6. The Hall–Kier alpha value is -1.69. The number of amides is 1. The third-order valence-corrected chi connectivity index (χ3v) is 4.36. The zero-order chi connectivity index (χ0) is 17.7. The Morgan fingerprint density at radius 1 is 1.38 bits per heavy atom. The molecular weight excluding hydrogens is 304 g/mol. The average molecular weight is 334 g/mol. The van der Waals surface area contributed by atoms with E-state index in [1.165, 1.54) is 0 Å². The third kappa shape index (κ3) is 5.44. The summed E-state index contributed by atoms with van der Waals surface area (Å²) in [5, 5.41) is 3.59. The zero-order valence-electron chi connectivity index (χ0n) is 15.5. The fraction of sp³-hybridized carbons (Fsp3) is 0.722. The van der Waals surface area contributed by atoms with Crippen LogP contribution < -0.4 is 5.32 Å². The first kappa shape index (κ1) is 18.6. The molecule has 1 aromatic rings. The van der Waals surface area contributed by atoms with Gasteiger partial charge in [0.2, 0.25) is 0 Å². The predicted molar refractivity (Wildman–Crippen MR) is 93.6 cm³/mol. The lowest BCUT2D eigenvalue weighted by atomic mass is 9.91. The van der Waals surface area contributed by atoms with Crippen molar-refractivity contribution in [1.82, 2.24) is 20.2 Å². The summed E-state index contributed by atoms with van der Waals surface area (Å²) >= 11 is 0. The molecule has 6 nitrogen and oxygen atoms in total. The molecule has 0 radical (unpaired) electrons. The summed E-state index contributed by atoms with van der Waals surface area (Å²) in [5.41, 5.74) is 0.484. The van der Waals surface area contributed by atoms with E-state index < -0.39 is 5.60 Å². The minimum absolute atomic E-state index is 0.130. The van der Waals surface area contributed by atoms with E-state index in [0.29, 0.717) is 5.92 Å². The number of nitrogens with one attached hydrogen (secondary N) is 1. The van der Waals surface area contributed by atoms with Gasteiger partial charge in [0.15, 0.2) is 0 Å². The molecule has 0 aromatic carbocycles. The van der Waals surface area contributed by atoms with Crippen LogP contribution in [-0.4, -0.2) is 45.7 Å². The maximum absolute atomic E-state index is 12.3. The number of hydrogen-bond donors (Lipinski definition) is 1. The van der Waals surface area contributed by atoms with Crippen LogP contribution in [0.4, 0.5) is 4.79 Å². The van der Waals surface area contributed by atoms with Crippen molar-refractivity contribution in [2.75, 3.05) is 13.1 Å². The fourth-order valence-corrected chi connectivity index (χ4v) is 3.06. The number of likely N-dealkylation sites (tertiary alicyclic amines) is 1. The average Bonchev–Trinajstić information content (AvgIpc) is 2.54. The number of ether oxygens (including phenoxy) is 1. The first-order chi connectivity index (χ1) is 11.3. The summed E-state index contributed by atoms with van der Waals surface area (Å²) in [4.78, 5) is 22.6. The molecule has 0 spiro atoms. The quantitative estimate of drug-likeness (QED) is 0.916. The largest absolute Gasteiger partial charge is 0.444 e. The lowest BCUT2D eigenvalue weighted by molar-refractivity contribution is 0.0146. The van der Waals surface area contributed by atoms with Crippen LogP contribution in [0.1, 0.15) is 59.2 Å². The van der Waals surface area contributed by atoms with Crippen LogP contribution in [0.2, 0.25) is 0 Å². The van der Waals surface area contributed by atoms with E-state index in [9.17, 15) is 4.79 Å². The van der Waals surface area contributed by atoms with Crippen molar-refractivity contribution in [3.8, 4) is 0 Å². The van der Waals surface area contributed by atoms with Crippen molar-refractivity contribution in [3.05, 3.63) is 24.3 Å². The lowest BCUT2D eigenvalue weighted by Gasteiger charge is -2.37. The van der Waals surface area contributed by atoms with E-state index in [1.54, 1.807) is 18.6 Å². The topological polar surface area (TPSA) is 67.4 Å². The smallest absolute Gasteiger partial charge is 0.410 e. The van der Waals surface area contributed by atoms with Gasteiger partial charge in [-0.05, 0) is 53.4 Å². The van der Waals surface area contributed by atoms with Gasteiger partial charge in [0.05, 0.1) is 5.69 Å². The van der Waals surface area contributed by atoms with E-state index in [1.807, 2.05) is 25.7 Å². The molecule has 1 fully saturated rings. The van der Waals surface area contributed by atoms with Crippen molar-refractivity contribution in [2.24, 2.45) is 5.92 Å². The van der Waals surface area contributed by atoms with Gasteiger partial charge < -0.3 is 15.0 Å². The molecule has 6 heteroatoms. The van der Waals surface area contributed by atoms with Gasteiger partial charge in [-0.15, -0.1) is 0 Å². The van der Waals surface area contributed by atoms with Gasteiger partial charge >= 0.3 is 6.09 Å². The number of carbonyl (C=O) groups excluding carboxylic acids is 1. The third-order valence-electron chi connectivity index (χ3n) is 4.36. The van der Waals surface area contributed by atoms with Crippen LogP contribution in [0, 0.1) is 5.92 Å². The summed E-state index contributed by atoms with van der Waals surface area (Å²) in [6.45, 7) is 11.5. The Balaban J connectivity index is 1.90. The molecule has 3 unspecified atom stereocenters. The van der Waals surface area contributed by atoms with Crippen molar-refractivity contribution in [1.29, 1.82) is 0 Å². The molecule has 0 aliphatic carbocycles. The number of aromatic nitrogens is 2. The number of rotatable bonds is 4. The van der Waals surface area contributed by atoms with Gasteiger partial charge in [0.1, 0.15) is 5.60 Å². The molecule has 1 saturated heterocycles.